The minimum Gasteiger partial charge on any atom is -0.497 e. The van der Waals surface area contributed by atoms with Crippen LogP contribution < -0.4 is 10.1 Å². The summed E-state index contributed by atoms with van der Waals surface area (Å²) in [5.41, 5.74) is 2.48. The van der Waals surface area contributed by atoms with Crippen LogP contribution in [-0.4, -0.2) is 36.9 Å². The van der Waals surface area contributed by atoms with Crippen molar-refractivity contribution in [2.45, 2.75) is 25.4 Å². The van der Waals surface area contributed by atoms with Crippen LogP contribution in [0.3, 0.4) is 0 Å². The maximum absolute atomic E-state index is 13.4. The van der Waals surface area contributed by atoms with Crippen molar-refractivity contribution in [3.63, 3.8) is 0 Å². The fourth-order valence-electron chi connectivity index (χ4n) is 3.57. The lowest BCUT2D eigenvalue weighted by Crippen LogP contribution is -2.50. The van der Waals surface area contributed by atoms with Crippen LogP contribution in [0.5, 0.6) is 5.75 Å². The van der Waals surface area contributed by atoms with E-state index in [9.17, 15) is 14.0 Å². The molecule has 0 saturated carbocycles. The van der Waals surface area contributed by atoms with Gasteiger partial charge in [-0.05, 0) is 41.0 Å². The maximum Gasteiger partial charge on any atom is 0.242 e. The van der Waals surface area contributed by atoms with Gasteiger partial charge in [0.1, 0.15) is 17.6 Å². The molecule has 0 aliphatic rings. The molecule has 2 amide bonds. The van der Waals surface area contributed by atoms with Crippen molar-refractivity contribution >= 4 is 11.8 Å². The predicted octanol–water partition coefficient (Wildman–Crippen LogP) is 3.76. The number of rotatable bonds is 9. The topological polar surface area (TPSA) is 58.6 Å². The van der Waals surface area contributed by atoms with Gasteiger partial charge in [-0.3, -0.25) is 9.59 Å². The van der Waals surface area contributed by atoms with Gasteiger partial charge in [0.2, 0.25) is 11.8 Å². The number of nitrogens with zero attached hydrogens (tertiary/aromatic N) is 1. The van der Waals surface area contributed by atoms with Crippen LogP contribution in [-0.2, 0) is 29.0 Å². The Bertz CT molecular complexity index is 1040. The molecule has 0 heterocycles. The summed E-state index contributed by atoms with van der Waals surface area (Å²) in [6.45, 7) is 0.238. The minimum atomic E-state index is -0.707. The molecular formula is C26H27FN2O3. The molecule has 1 unspecified atom stereocenters. The molecular weight excluding hydrogens is 407 g/mol. The molecule has 3 rings (SSSR count). The average molecular weight is 435 g/mol. The van der Waals surface area contributed by atoms with Crippen LogP contribution in [0.2, 0.25) is 0 Å². The number of likely N-dealkylation sites (N-methyl/N-ethyl adjacent to an activating group) is 1. The van der Waals surface area contributed by atoms with E-state index in [-0.39, 0.29) is 30.6 Å². The Morgan fingerprint density at radius 1 is 0.938 bits per heavy atom. The molecule has 0 saturated heterocycles. The van der Waals surface area contributed by atoms with Crippen LogP contribution in [0.15, 0.2) is 78.9 Å². The number of ether oxygens (including phenoxy) is 1. The van der Waals surface area contributed by atoms with Crippen molar-refractivity contribution in [1.82, 2.24) is 10.2 Å². The fourth-order valence-corrected chi connectivity index (χ4v) is 3.57. The van der Waals surface area contributed by atoms with Gasteiger partial charge in [-0.25, -0.2) is 4.39 Å². The monoisotopic (exact) mass is 434 g/mol. The van der Waals surface area contributed by atoms with E-state index in [1.54, 1.807) is 31.2 Å². The van der Waals surface area contributed by atoms with Crippen LogP contribution in [0.1, 0.15) is 16.7 Å². The number of amides is 2. The second kappa shape index (κ2) is 11.1. The molecule has 5 nitrogen and oxygen atoms in total. The maximum atomic E-state index is 13.4. The molecule has 0 aromatic heterocycles. The molecule has 3 aromatic rings. The molecule has 6 heteroatoms. The number of benzene rings is 3. The van der Waals surface area contributed by atoms with E-state index in [4.69, 9.17) is 4.74 Å². The van der Waals surface area contributed by atoms with Gasteiger partial charge in [-0.2, -0.15) is 0 Å². The number of hydrogen-bond acceptors (Lipinski definition) is 3. The summed E-state index contributed by atoms with van der Waals surface area (Å²) in [4.78, 5) is 27.9. The molecule has 166 valence electrons. The minimum absolute atomic E-state index is 0.0620. The van der Waals surface area contributed by atoms with Gasteiger partial charge in [0.05, 0.1) is 13.5 Å². The summed E-state index contributed by atoms with van der Waals surface area (Å²) in [6.07, 6.45) is 0.437. The molecule has 1 N–H and O–H groups in total. The number of halogens is 1. The lowest BCUT2D eigenvalue weighted by Gasteiger charge is -2.31. The zero-order valence-electron chi connectivity index (χ0n) is 18.3. The van der Waals surface area contributed by atoms with Crippen LogP contribution in [0.4, 0.5) is 4.39 Å². The first-order chi connectivity index (χ1) is 15.5. The summed E-state index contributed by atoms with van der Waals surface area (Å²) in [7, 11) is 3.15. The normalized spacial score (nSPS) is 11.5. The van der Waals surface area contributed by atoms with Gasteiger partial charge in [0.15, 0.2) is 0 Å². The Labute approximate surface area is 187 Å². The number of carbonyl (C=O) groups is 2. The van der Waals surface area contributed by atoms with E-state index in [1.165, 1.54) is 12.1 Å². The first-order valence-corrected chi connectivity index (χ1v) is 10.4. The van der Waals surface area contributed by atoms with Crippen LogP contribution in [0.25, 0.3) is 0 Å². The van der Waals surface area contributed by atoms with Crippen molar-refractivity contribution in [3.8, 4) is 5.75 Å². The van der Waals surface area contributed by atoms with Crippen molar-refractivity contribution < 1.29 is 18.7 Å². The molecule has 0 aliphatic carbocycles. The summed E-state index contributed by atoms with van der Waals surface area (Å²) in [6, 6.07) is 22.1. The average Bonchev–Trinajstić information content (AvgIpc) is 2.83. The van der Waals surface area contributed by atoms with Crippen LogP contribution in [0, 0.1) is 5.82 Å². The third-order valence-corrected chi connectivity index (χ3v) is 5.27. The van der Waals surface area contributed by atoms with Gasteiger partial charge in [-0.15, -0.1) is 0 Å². The smallest absolute Gasteiger partial charge is 0.242 e. The number of methoxy groups -OCH3 is 1. The van der Waals surface area contributed by atoms with E-state index in [0.29, 0.717) is 17.7 Å². The molecule has 3 aromatic carbocycles. The number of hydrogen-bond donors (Lipinski definition) is 1. The molecule has 0 radical (unpaired) electrons. The Morgan fingerprint density at radius 3 is 2.28 bits per heavy atom. The number of carbonyl (C=O) groups excluding carboxylic acids is 2. The van der Waals surface area contributed by atoms with E-state index in [0.717, 1.165) is 11.1 Å². The van der Waals surface area contributed by atoms with Gasteiger partial charge < -0.3 is 15.0 Å². The van der Waals surface area contributed by atoms with Crippen LogP contribution >= 0.6 is 0 Å². The molecule has 0 bridgehead atoms. The van der Waals surface area contributed by atoms with Gasteiger partial charge >= 0.3 is 0 Å². The molecule has 1 atom stereocenters. The third kappa shape index (κ3) is 6.17. The highest BCUT2D eigenvalue weighted by Crippen LogP contribution is 2.19. The second-order valence-corrected chi connectivity index (χ2v) is 7.50. The van der Waals surface area contributed by atoms with Gasteiger partial charge in [-0.1, -0.05) is 54.6 Å². The Kier molecular flexibility index (Phi) is 7.97. The Morgan fingerprint density at radius 2 is 1.62 bits per heavy atom. The second-order valence-electron chi connectivity index (χ2n) is 7.50. The highest BCUT2D eigenvalue weighted by molar-refractivity contribution is 5.88. The van der Waals surface area contributed by atoms with E-state index in [2.05, 4.69) is 5.32 Å². The van der Waals surface area contributed by atoms with Gasteiger partial charge in [0.25, 0.3) is 0 Å². The summed E-state index contributed by atoms with van der Waals surface area (Å²) in [5, 5.41) is 2.69. The first kappa shape index (κ1) is 23.0. The van der Waals surface area contributed by atoms with Crippen molar-refractivity contribution in [2.75, 3.05) is 14.2 Å². The lowest BCUT2D eigenvalue weighted by atomic mass is 10.0. The molecule has 0 aliphatic heterocycles. The number of nitrogens with one attached hydrogen (secondary N) is 1. The Hall–Kier alpha value is -3.67. The van der Waals surface area contributed by atoms with Gasteiger partial charge in [0, 0.05) is 20.0 Å². The molecule has 0 spiro atoms. The fraction of sp³-hybridized carbons (Fsp3) is 0.231. The first-order valence-electron chi connectivity index (χ1n) is 10.4. The zero-order valence-corrected chi connectivity index (χ0v) is 18.3. The van der Waals surface area contributed by atoms with Crippen molar-refractivity contribution in [3.05, 3.63) is 101 Å². The summed E-state index contributed by atoms with van der Waals surface area (Å²) in [5.74, 6) is -0.150. The third-order valence-electron chi connectivity index (χ3n) is 5.27. The molecule has 32 heavy (non-hydrogen) atoms. The van der Waals surface area contributed by atoms with Crippen molar-refractivity contribution in [1.29, 1.82) is 0 Å². The predicted molar refractivity (Wildman–Crippen MR) is 122 cm³/mol. The highest BCUT2D eigenvalue weighted by atomic mass is 19.1. The quantitative estimate of drug-likeness (QED) is 0.558. The SMILES string of the molecule is CNC(=O)C(Cc1ccccc1)N(Cc1cccc(OC)c1)C(=O)Cc1ccc(F)cc1. The summed E-state index contributed by atoms with van der Waals surface area (Å²) < 4.78 is 18.6. The van der Waals surface area contributed by atoms with E-state index < -0.39 is 6.04 Å². The largest absolute Gasteiger partial charge is 0.497 e. The standard InChI is InChI=1S/C26H27FN2O3/c1-28-26(31)24(16-19-7-4-3-5-8-19)29(18-21-9-6-10-23(15-21)32-2)25(30)17-20-11-13-22(27)14-12-20/h3-15,24H,16-18H2,1-2H3,(H,28,31). The lowest BCUT2D eigenvalue weighted by molar-refractivity contribution is -0.140. The zero-order chi connectivity index (χ0) is 22.9. The molecule has 0 fully saturated rings. The van der Waals surface area contributed by atoms with Crippen molar-refractivity contribution in [2.24, 2.45) is 0 Å². The Balaban J connectivity index is 1.94. The highest BCUT2D eigenvalue weighted by Gasteiger charge is 2.29. The van der Waals surface area contributed by atoms with E-state index in [1.807, 2.05) is 54.6 Å². The summed E-state index contributed by atoms with van der Waals surface area (Å²) >= 11 is 0. The van der Waals surface area contributed by atoms with E-state index >= 15 is 0 Å².